The van der Waals surface area contributed by atoms with Gasteiger partial charge in [-0.3, -0.25) is 0 Å². The van der Waals surface area contributed by atoms with Crippen LogP contribution in [0.5, 0.6) is 5.75 Å². The highest BCUT2D eigenvalue weighted by atomic mass is 35.5. The Hall–Kier alpha value is -0.440. The Morgan fingerprint density at radius 1 is 1.24 bits per heavy atom. The molecule has 0 radical (unpaired) electrons. The Bertz CT molecular complexity index is 435. The van der Waals surface area contributed by atoms with Crippen LogP contribution < -0.4 is 10.5 Å². The number of ether oxygens (including phenoxy) is 1. The first-order valence-electron chi connectivity index (χ1n) is 7.84. The van der Waals surface area contributed by atoms with Crippen LogP contribution in [0.3, 0.4) is 0 Å². The zero-order valence-electron chi connectivity index (χ0n) is 13.3. The van der Waals surface area contributed by atoms with Crippen molar-refractivity contribution < 1.29 is 4.74 Å². The van der Waals surface area contributed by atoms with Crippen LogP contribution in [0.1, 0.15) is 52.0 Å². The lowest BCUT2D eigenvalue weighted by atomic mass is 10.0. The molecule has 2 unspecified atom stereocenters. The van der Waals surface area contributed by atoms with Gasteiger partial charge in [-0.2, -0.15) is 0 Å². The Kier molecular flexibility index (Phi) is 8.46. The smallest absolute Gasteiger partial charge is 0.141 e. The predicted octanol–water partition coefficient (Wildman–Crippen LogP) is 5.48. The highest BCUT2D eigenvalue weighted by Crippen LogP contribution is 2.33. The lowest BCUT2D eigenvalue weighted by molar-refractivity contribution is 0.231. The monoisotopic (exact) mass is 331 g/mol. The van der Waals surface area contributed by atoms with Crippen LogP contribution in [0.25, 0.3) is 0 Å². The van der Waals surface area contributed by atoms with Crippen LogP contribution in [-0.4, -0.2) is 12.6 Å². The summed E-state index contributed by atoms with van der Waals surface area (Å²) in [6.07, 6.45) is 5.48. The minimum absolute atomic E-state index is 0.0453. The molecule has 0 saturated heterocycles. The van der Waals surface area contributed by atoms with E-state index in [1.807, 2.05) is 13.0 Å². The largest absolute Gasteiger partial charge is 0.491 e. The van der Waals surface area contributed by atoms with Gasteiger partial charge in [0.25, 0.3) is 0 Å². The lowest BCUT2D eigenvalue weighted by Crippen LogP contribution is -2.19. The third-order valence-corrected chi connectivity index (χ3v) is 4.13. The third-order valence-electron chi connectivity index (χ3n) is 3.63. The number of rotatable bonds is 9. The molecule has 0 fully saturated rings. The minimum atomic E-state index is 0.0453. The maximum Gasteiger partial charge on any atom is 0.141 e. The highest BCUT2D eigenvalue weighted by molar-refractivity contribution is 6.35. The summed E-state index contributed by atoms with van der Waals surface area (Å²) in [5.41, 5.74) is 6.89. The second kappa shape index (κ2) is 9.55. The van der Waals surface area contributed by atoms with E-state index in [0.29, 0.717) is 29.0 Å². The first kappa shape index (κ1) is 18.6. The van der Waals surface area contributed by atoms with Crippen LogP contribution in [0, 0.1) is 5.92 Å². The van der Waals surface area contributed by atoms with Crippen molar-refractivity contribution in [1.29, 1.82) is 0 Å². The second-order valence-corrected chi connectivity index (χ2v) is 6.63. The lowest BCUT2D eigenvalue weighted by Gasteiger charge is -2.19. The summed E-state index contributed by atoms with van der Waals surface area (Å²) >= 11 is 12.4. The summed E-state index contributed by atoms with van der Waals surface area (Å²) in [5.74, 6) is 1.31. The molecule has 2 atom stereocenters. The zero-order valence-corrected chi connectivity index (χ0v) is 14.8. The molecule has 0 aliphatic rings. The molecule has 21 heavy (non-hydrogen) atoms. The van der Waals surface area contributed by atoms with E-state index in [1.165, 1.54) is 19.3 Å². The molecule has 4 heteroatoms. The zero-order chi connectivity index (χ0) is 15.8. The second-order valence-electron chi connectivity index (χ2n) is 5.78. The molecular weight excluding hydrogens is 305 g/mol. The number of nitrogens with two attached hydrogens (primary N) is 1. The normalized spacial score (nSPS) is 14.0. The van der Waals surface area contributed by atoms with E-state index in [-0.39, 0.29) is 6.04 Å². The van der Waals surface area contributed by atoms with Crippen molar-refractivity contribution in [3.8, 4) is 5.75 Å². The van der Waals surface area contributed by atoms with E-state index < -0.39 is 0 Å². The van der Waals surface area contributed by atoms with Gasteiger partial charge in [-0.25, -0.2) is 0 Å². The maximum absolute atomic E-state index is 6.30. The van der Waals surface area contributed by atoms with Gasteiger partial charge in [-0.15, -0.1) is 0 Å². The van der Waals surface area contributed by atoms with Gasteiger partial charge in [0.2, 0.25) is 0 Å². The standard InChI is InChI=1S/C17H27Cl2NO/c1-4-6-7-13(5-2)11-21-17-14(8-12(3)20)9-15(18)10-16(17)19/h9-10,12-13H,4-8,11,20H2,1-3H3. The molecule has 0 saturated carbocycles. The molecule has 2 nitrogen and oxygen atoms in total. The van der Waals surface area contributed by atoms with Crippen molar-refractivity contribution in [2.24, 2.45) is 11.7 Å². The van der Waals surface area contributed by atoms with E-state index >= 15 is 0 Å². The van der Waals surface area contributed by atoms with Crippen LogP contribution in [0.4, 0.5) is 0 Å². The third kappa shape index (κ3) is 6.46. The Morgan fingerprint density at radius 3 is 2.52 bits per heavy atom. The highest BCUT2D eigenvalue weighted by Gasteiger charge is 2.14. The number of unbranched alkanes of at least 4 members (excludes halogenated alkanes) is 1. The van der Waals surface area contributed by atoms with Gasteiger partial charge in [0.1, 0.15) is 5.75 Å². The van der Waals surface area contributed by atoms with Crippen molar-refractivity contribution >= 4 is 23.2 Å². The van der Waals surface area contributed by atoms with E-state index in [2.05, 4.69) is 13.8 Å². The fraction of sp³-hybridized carbons (Fsp3) is 0.647. The molecule has 120 valence electrons. The van der Waals surface area contributed by atoms with Crippen molar-refractivity contribution in [3.05, 3.63) is 27.7 Å². The first-order valence-corrected chi connectivity index (χ1v) is 8.59. The molecule has 0 aliphatic carbocycles. The minimum Gasteiger partial charge on any atom is -0.491 e. The molecule has 0 heterocycles. The quantitative estimate of drug-likeness (QED) is 0.650. The van der Waals surface area contributed by atoms with Gasteiger partial charge in [-0.05, 0) is 43.4 Å². The summed E-state index contributed by atoms with van der Waals surface area (Å²) in [6, 6.07) is 3.68. The number of benzene rings is 1. The number of hydrogen-bond acceptors (Lipinski definition) is 2. The summed E-state index contributed by atoms with van der Waals surface area (Å²) < 4.78 is 6.03. The fourth-order valence-electron chi connectivity index (χ4n) is 2.37. The number of halogens is 2. The van der Waals surface area contributed by atoms with E-state index in [9.17, 15) is 0 Å². The fourth-order valence-corrected chi connectivity index (χ4v) is 2.96. The van der Waals surface area contributed by atoms with Gasteiger partial charge in [0, 0.05) is 11.1 Å². The van der Waals surface area contributed by atoms with Gasteiger partial charge in [0.15, 0.2) is 0 Å². The number of hydrogen-bond donors (Lipinski definition) is 1. The first-order chi connectivity index (χ1) is 9.97. The van der Waals surface area contributed by atoms with E-state index in [1.54, 1.807) is 6.07 Å². The summed E-state index contributed by atoms with van der Waals surface area (Å²) in [4.78, 5) is 0. The summed E-state index contributed by atoms with van der Waals surface area (Å²) in [5, 5.41) is 1.20. The van der Waals surface area contributed by atoms with Crippen LogP contribution in [-0.2, 0) is 6.42 Å². The van der Waals surface area contributed by atoms with Crippen molar-refractivity contribution in [1.82, 2.24) is 0 Å². The van der Waals surface area contributed by atoms with Crippen LogP contribution in [0.2, 0.25) is 10.0 Å². The van der Waals surface area contributed by atoms with Gasteiger partial charge >= 0.3 is 0 Å². The molecule has 0 bridgehead atoms. The average Bonchev–Trinajstić information content (AvgIpc) is 2.40. The van der Waals surface area contributed by atoms with Gasteiger partial charge in [-0.1, -0.05) is 56.3 Å². The predicted molar refractivity (Wildman–Crippen MR) is 92.6 cm³/mol. The molecule has 0 spiro atoms. The van der Waals surface area contributed by atoms with E-state index in [4.69, 9.17) is 33.7 Å². The summed E-state index contributed by atoms with van der Waals surface area (Å²) in [6.45, 7) is 7.08. The molecule has 1 rings (SSSR count). The van der Waals surface area contributed by atoms with E-state index in [0.717, 1.165) is 17.7 Å². The average molecular weight is 332 g/mol. The molecule has 1 aromatic carbocycles. The maximum atomic E-state index is 6.30. The van der Waals surface area contributed by atoms with Crippen molar-refractivity contribution in [2.45, 2.75) is 58.9 Å². The molecule has 0 aromatic heterocycles. The van der Waals surface area contributed by atoms with Gasteiger partial charge in [0.05, 0.1) is 11.6 Å². The SMILES string of the molecule is CCCCC(CC)COc1c(Cl)cc(Cl)cc1CC(C)N. The van der Waals surface area contributed by atoms with Crippen molar-refractivity contribution in [2.75, 3.05) is 6.61 Å². The molecule has 2 N–H and O–H groups in total. The van der Waals surface area contributed by atoms with Gasteiger partial charge < -0.3 is 10.5 Å². The molecular formula is C17H27Cl2NO. The van der Waals surface area contributed by atoms with Crippen molar-refractivity contribution in [3.63, 3.8) is 0 Å². The topological polar surface area (TPSA) is 35.2 Å². The molecule has 1 aromatic rings. The summed E-state index contributed by atoms with van der Waals surface area (Å²) in [7, 11) is 0. The Labute approximate surface area is 139 Å². The molecule has 0 amide bonds. The Morgan fingerprint density at radius 2 is 1.95 bits per heavy atom. The Balaban J connectivity index is 2.80. The molecule has 0 aliphatic heterocycles. The van der Waals surface area contributed by atoms with Crippen LogP contribution >= 0.6 is 23.2 Å². The van der Waals surface area contributed by atoms with Crippen LogP contribution in [0.15, 0.2) is 12.1 Å².